The Labute approximate surface area is 95.2 Å². The van der Waals surface area contributed by atoms with Crippen LogP contribution in [0.4, 0.5) is 0 Å². The largest absolute Gasteiger partial charge is 0.422 e. The van der Waals surface area contributed by atoms with Crippen molar-refractivity contribution in [3.05, 3.63) is 52.4 Å². The highest BCUT2D eigenvalue weighted by molar-refractivity contribution is 6.03. The minimum absolute atomic E-state index is 0.0537. The maximum absolute atomic E-state index is 11.8. The smallest absolute Gasteiger partial charge is 0.348 e. The van der Waals surface area contributed by atoms with Gasteiger partial charge in [0.15, 0.2) is 5.49 Å². The van der Waals surface area contributed by atoms with Gasteiger partial charge in [0.25, 0.3) is 0 Å². The molecule has 0 aliphatic heterocycles. The molecule has 2 aromatic heterocycles. The highest BCUT2D eigenvalue weighted by Crippen LogP contribution is 2.19. The van der Waals surface area contributed by atoms with Crippen molar-refractivity contribution in [1.29, 1.82) is 5.41 Å². The van der Waals surface area contributed by atoms with E-state index in [4.69, 9.17) is 15.7 Å². The van der Waals surface area contributed by atoms with Gasteiger partial charge in [-0.05, 0) is 12.1 Å². The van der Waals surface area contributed by atoms with Gasteiger partial charge in [-0.1, -0.05) is 18.2 Å². The van der Waals surface area contributed by atoms with E-state index < -0.39 is 5.63 Å². The third kappa shape index (κ3) is 1.25. The summed E-state index contributed by atoms with van der Waals surface area (Å²) < 4.78 is 6.26. The summed E-state index contributed by atoms with van der Waals surface area (Å²) in [4.78, 5) is 11.8. The highest BCUT2D eigenvalue weighted by atomic mass is 16.4. The van der Waals surface area contributed by atoms with Crippen LogP contribution in [-0.4, -0.2) is 4.68 Å². The molecular formula is C12H9N3O2. The number of hydrogen-bond donors (Lipinski definition) is 2. The Morgan fingerprint density at radius 2 is 1.94 bits per heavy atom. The molecule has 84 valence electrons. The van der Waals surface area contributed by atoms with Crippen molar-refractivity contribution in [3.8, 4) is 0 Å². The summed E-state index contributed by atoms with van der Waals surface area (Å²) in [5.41, 5.74) is -0.0790. The number of hydrogen-bond acceptors (Lipinski definition) is 4. The maximum Gasteiger partial charge on any atom is 0.348 e. The Bertz CT molecular complexity index is 846. The Kier molecular flexibility index (Phi) is 1.82. The van der Waals surface area contributed by atoms with E-state index in [2.05, 4.69) is 0 Å². The fraction of sp³-hybridized carbons (Fsp3) is 0. The Morgan fingerprint density at radius 3 is 2.76 bits per heavy atom. The molecule has 0 saturated carbocycles. The molecule has 2 heterocycles. The first kappa shape index (κ1) is 9.65. The predicted octanol–water partition coefficient (Wildman–Crippen LogP) is 0.941. The first-order chi connectivity index (χ1) is 8.18. The molecule has 0 unspecified atom stereocenters. The van der Waals surface area contributed by atoms with Crippen LogP contribution in [0, 0.1) is 5.41 Å². The van der Waals surface area contributed by atoms with Gasteiger partial charge in [-0.3, -0.25) is 10.1 Å². The lowest BCUT2D eigenvalue weighted by Crippen LogP contribution is -2.29. The number of nitrogens with one attached hydrogen (secondary N) is 1. The van der Waals surface area contributed by atoms with E-state index >= 15 is 0 Å². The molecule has 0 saturated heterocycles. The number of benzene rings is 1. The van der Waals surface area contributed by atoms with Crippen molar-refractivity contribution >= 4 is 21.7 Å². The first-order valence-electron chi connectivity index (χ1n) is 5.05. The zero-order valence-electron chi connectivity index (χ0n) is 8.81. The summed E-state index contributed by atoms with van der Waals surface area (Å²) in [6, 6.07) is 8.94. The van der Waals surface area contributed by atoms with Crippen molar-refractivity contribution in [2.75, 3.05) is 5.84 Å². The van der Waals surface area contributed by atoms with Crippen LogP contribution in [-0.2, 0) is 0 Å². The molecule has 0 spiro atoms. The van der Waals surface area contributed by atoms with Gasteiger partial charge in [0.05, 0.1) is 0 Å². The van der Waals surface area contributed by atoms with Crippen molar-refractivity contribution in [3.63, 3.8) is 0 Å². The molecule has 17 heavy (non-hydrogen) atoms. The van der Waals surface area contributed by atoms with E-state index in [-0.39, 0.29) is 10.9 Å². The average molecular weight is 227 g/mol. The lowest BCUT2D eigenvalue weighted by Gasteiger charge is -2.04. The minimum Gasteiger partial charge on any atom is -0.422 e. The zero-order chi connectivity index (χ0) is 12.0. The summed E-state index contributed by atoms with van der Waals surface area (Å²) in [6.07, 6.45) is 1.55. The number of nitrogens with two attached hydrogens (primary N) is 1. The van der Waals surface area contributed by atoms with Gasteiger partial charge >= 0.3 is 5.63 Å². The number of para-hydroxylation sites is 1. The van der Waals surface area contributed by atoms with Gasteiger partial charge in [0, 0.05) is 17.0 Å². The monoisotopic (exact) mass is 227 g/mol. The van der Waals surface area contributed by atoms with Gasteiger partial charge in [-0.25, -0.2) is 4.79 Å². The molecule has 3 N–H and O–H groups in total. The zero-order valence-corrected chi connectivity index (χ0v) is 8.81. The first-order valence-corrected chi connectivity index (χ1v) is 5.05. The van der Waals surface area contributed by atoms with Crippen LogP contribution in [0.15, 0.2) is 45.7 Å². The molecule has 0 radical (unpaired) electrons. The van der Waals surface area contributed by atoms with Crippen LogP contribution in [0.3, 0.4) is 0 Å². The SMILES string of the molecule is N=c1c2c(=O)oc3ccccc3c2ccn1N. The van der Waals surface area contributed by atoms with Crippen molar-refractivity contribution in [1.82, 2.24) is 4.68 Å². The van der Waals surface area contributed by atoms with Crippen LogP contribution in [0.2, 0.25) is 0 Å². The molecule has 0 atom stereocenters. The molecular weight excluding hydrogens is 218 g/mol. The molecule has 3 aromatic rings. The quantitative estimate of drug-likeness (QED) is 0.340. The molecule has 0 amide bonds. The molecule has 5 nitrogen and oxygen atoms in total. The van der Waals surface area contributed by atoms with Crippen LogP contribution >= 0.6 is 0 Å². The summed E-state index contributed by atoms with van der Waals surface area (Å²) in [6.45, 7) is 0. The maximum atomic E-state index is 11.8. The van der Waals surface area contributed by atoms with Crippen LogP contribution in [0.1, 0.15) is 0 Å². The number of pyridine rings is 1. The van der Waals surface area contributed by atoms with E-state index in [9.17, 15) is 4.79 Å². The Balaban J connectivity index is 2.74. The van der Waals surface area contributed by atoms with E-state index in [0.717, 1.165) is 10.1 Å². The number of nitrogen functional groups attached to an aromatic ring is 1. The highest BCUT2D eigenvalue weighted by Gasteiger charge is 2.09. The van der Waals surface area contributed by atoms with Gasteiger partial charge < -0.3 is 10.3 Å². The molecule has 0 fully saturated rings. The summed E-state index contributed by atoms with van der Waals surface area (Å²) in [5, 5.41) is 9.47. The number of fused-ring (bicyclic) bond motifs is 3. The fourth-order valence-electron chi connectivity index (χ4n) is 1.93. The summed E-state index contributed by atoms with van der Waals surface area (Å²) in [7, 11) is 0. The van der Waals surface area contributed by atoms with Crippen LogP contribution < -0.4 is 17.0 Å². The minimum atomic E-state index is -0.538. The third-order valence-corrected chi connectivity index (χ3v) is 2.75. The van der Waals surface area contributed by atoms with E-state index in [0.29, 0.717) is 11.0 Å². The third-order valence-electron chi connectivity index (χ3n) is 2.75. The molecule has 0 aliphatic rings. The second-order valence-electron chi connectivity index (χ2n) is 3.75. The second-order valence-corrected chi connectivity index (χ2v) is 3.75. The van der Waals surface area contributed by atoms with Crippen LogP contribution in [0.5, 0.6) is 0 Å². The summed E-state index contributed by atoms with van der Waals surface area (Å²) >= 11 is 0. The molecule has 0 bridgehead atoms. The second kappa shape index (κ2) is 3.21. The standard InChI is InChI=1S/C12H9N3O2/c13-11-10-8(5-6-15(11)14)7-3-1-2-4-9(7)17-12(10)16/h1-6,13H,14H2. The van der Waals surface area contributed by atoms with Crippen molar-refractivity contribution in [2.24, 2.45) is 0 Å². The molecule has 1 aromatic carbocycles. The Morgan fingerprint density at radius 1 is 1.18 bits per heavy atom. The summed E-state index contributed by atoms with van der Waals surface area (Å²) in [5.74, 6) is 5.55. The molecule has 3 rings (SSSR count). The molecule has 0 aliphatic carbocycles. The van der Waals surface area contributed by atoms with E-state index in [1.807, 2.05) is 12.1 Å². The Hall–Kier alpha value is -2.56. The normalized spacial score (nSPS) is 11.1. The van der Waals surface area contributed by atoms with Gasteiger partial charge in [-0.15, -0.1) is 0 Å². The number of rotatable bonds is 0. The predicted molar refractivity (Wildman–Crippen MR) is 64.0 cm³/mol. The van der Waals surface area contributed by atoms with Crippen LogP contribution in [0.25, 0.3) is 21.7 Å². The van der Waals surface area contributed by atoms with Crippen molar-refractivity contribution < 1.29 is 4.42 Å². The fourth-order valence-corrected chi connectivity index (χ4v) is 1.93. The lowest BCUT2D eigenvalue weighted by molar-refractivity contribution is 0.568. The van der Waals surface area contributed by atoms with Gasteiger partial charge in [-0.2, -0.15) is 0 Å². The topological polar surface area (TPSA) is 85.0 Å². The van der Waals surface area contributed by atoms with Crippen molar-refractivity contribution in [2.45, 2.75) is 0 Å². The van der Waals surface area contributed by atoms with Gasteiger partial charge in [0.2, 0.25) is 0 Å². The average Bonchev–Trinajstić information content (AvgIpc) is 2.33. The number of aromatic nitrogens is 1. The molecule has 5 heteroatoms. The number of nitrogens with zero attached hydrogens (tertiary/aromatic N) is 1. The van der Waals surface area contributed by atoms with Gasteiger partial charge in [0.1, 0.15) is 11.0 Å². The van der Waals surface area contributed by atoms with E-state index in [1.165, 1.54) is 0 Å². The lowest BCUT2D eigenvalue weighted by atomic mass is 10.1. The van der Waals surface area contributed by atoms with E-state index in [1.54, 1.807) is 24.4 Å².